The Hall–Kier alpha value is -2.57. The van der Waals surface area contributed by atoms with Gasteiger partial charge in [-0.05, 0) is 13.0 Å². The molecule has 0 aliphatic carbocycles. The molecular weight excluding hydrogens is 272 g/mol. The van der Waals surface area contributed by atoms with Crippen LogP contribution in [0, 0.1) is 0 Å². The fourth-order valence-corrected chi connectivity index (χ4v) is 1.92. The van der Waals surface area contributed by atoms with Crippen LogP contribution < -0.4 is 10.6 Å². The zero-order chi connectivity index (χ0) is 15.1. The van der Waals surface area contributed by atoms with Crippen molar-refractivity contribution in [2.45, 2.75) is 13.3 Å². The van der Waals surface area contributed by atoms with Crippen molar-refractivity contribution in [2.24, 2.45) is 0 Å². The van der Waals surface area contributed by atoms with E-state index in [1.54, 1.807) is 6.92 Å². The first kappa shape index (κ1) is 14.8. The third-order valence-electron chi connectivity index (χ3n) is 2.87. The number of hydrogen-bond donors (Lipinski definition) is 3. The number of H-pyrrole nitrogens is 1. The maximum Gasteiger partial charge on any atom is 0.407 e. The molecule has 0 aliphatic rings. The van der Waals surface area contributed by atoms with E-state index < -0.39 is 6.09 Å². The summed E-state index contributed by atoms with van der Waals surface area (Å²) in [5.41, 5.74) is 1.62. The van der Waals surface area contributed by atoms with Crippen LogP contribution in [0.15, 0.2) is 24.3 Å². The Morgan fingerprint density at radius 3 is 2.81 bits per heavy atom. The number of carbonyl (C=O) groups is 2. The van der Waals surface area contributed by atoms with Crippen molar-refractivity contribution >= 4 is 22.9 Å². The van der Waals surface area contributed by atoms with Gasteiger partial charge in [0, 0.05) is 18.5 Å². The van der Waals surface area contributed by atoms with Crippen LogP contribution in [0.4, 0.5) is 4.79 Å². The number of para-hydroxylation sites is 1. The molecule has 0 saturated carbocycles. The Morgan fingerprint density at radius 1 is 1.24 bits per heavy atom. The third-order valence-corrected chi connectivity index (χ3v) is 2.87. The number of rotatable bonds is 6. The molecule has 0 bridgehead atoms. The van der Waals surface area contributed by atoms with E-state index in [9.17, 15) is 9.59 Å². The van der Waals surface area contributed by atoms with Crippen LogP contribution in [0.3, 0.4) is 0 Å². The van der Waals surface area contributed by atoms with Gasteiger partial charge in [0.15, 0.2) is 0 Å². The number of benzene rings is 1. The van der Waals surface area contributed by atoms with Crippen LogP contribution in [-0.4, -0.2) is 41.9 Å². The lowest BCUT2D eigenvalue weighted by Gasteiger charge is -2.06. The number of carbonyl (C=O) groups excluding carboxylic acids is 2. The second kappa shape index (κ2) is 7.28. The Balaban J connectivity index is 1.76. The topological polar surface area (TPSA) is 96.1 Å². The van der Waals surface area contributed by atoms with Gasteiger partial charge in [-0.2, -0.15) is 5.10 Å². The number of fused-ring (bicyclic) bond motifs is 1. The van der Waals surface area contributed by atoms with Crippen molar-refractivity contribution in [2.75, 3.05) is 19.7 Å². The zero-order valence-corrected chi connectivity index (χ0v) is 11.8. The molecular formula is C14H18N4O3. The molecule has 112 valence electrons. The summed E-state index contributed by atoms with van der Waals surface area (Å²) in [5.74, 6) is -0.130. The monoisotopic (exact) mass is 290 g/mol. The van der Waals surface area contributed by atoms with Crippen LogP contribution >= 0.6 is 0 Å². The zero-order valence-electron chi connectivity index (χ0n) is 11.8. The minimum absolute atomic E-state index is 0.130. The first-order valence-corrected chi connectivity index (χ1v) is 6.80. The molecule has 2 aromatic rings. The normalized spacial score (nSPS) is 10.3. The highest BCUT2D eigenvalue weighted by Gasteiger charge is 2.09. The maximum absolute atomic E-state index is 11.8. The molecule has 1 aromatic heterocycles. The summed E-state index contributed by atoms with van der Waals surface area (Å²) in [6.45, 7) is 2.74. The molecule has 1 aromatic carbocycles. The minimum atomic E-state index is -0.480. The molecule has 0 radical (unpaired) electrons. The highest BCUT2D eigenvalue weighted by molar-refractivity contribution is 5.87. The molecule has 0 fully saturated rings. The number of alkyl carbamates (subject to hydrolysis) is 1. The van der Waals surface area contributed by atoms with Crippen molar-refractivity contribution in [3.63, 3.8) is 0 Å². The lowest BCUT2D eigenvalue weighted by Crippen LogP contribution is -2.35. The van der Waals surface area contributed by atoms with Crippen LogP contribution in [0.25, 0.3) is 10.9 Å². The van der Waals surface area contributed by atoms with Gasteiger partial charge in [-0.1, -0.05) is 18.2 Å². The number of amides is 2. The molecule has 7 nitrogen and oxygen atoms in total. The third kappa shape index (κ3) is 4.20. The molecule has 2 amide bonds. The second-order valence-corrected chi connectivity index (χ2v) is 4.39. The number of nitrogens with one attached hydrogen (secondary N) is 3. The van der Waals surface area contributed by atoms with E-state index in [1.807, 2.05) is 24.3 Å². The van der Waals surface area contributed by atoms with Crippen molar-refractivity contribution in [1.82, 2.24) is 20.8 Å². The maximum atomic E-state index is 11.8. The summed E-state index contributed by atoms with van der Waals surface area (Å²) in [6.07, 6.45) is -0.258. The van der Waals surface area contributed by atoms with Crippen molar-refractivity contribution in [1.29, 1.82) is 0 Å². The molecule has 0 unspecified atom stereocenters. The van der Waals surface area contributed by atoms with E-state index in [1.165, 1.54) is 0 Å². The highest BCUT2D eigenvalue weighted by Crippen LogP contribution is 2.15. The molecule has 7 heteroatoms. The smallest absolute Gasteiger partial charge is 0.407 e. The van der Waals surface area contributed by atoms with Gasteiger partial charge < -0.3 is 15.4 Å². The van der Waals surface area contributed by atoms with Gasteiger partial charge in [-0.15, -0.1) is 0 Å². The van der Waals surface area contributed by atoms with E-state index in [0.29, 0.717) is 19.7 Å². The van der Waals surface area contributed by atoms with Crippen molar-refractivity contribution in [3.05, 3.63) is 30.0 Å². The Bertz CT molecular complexity index is 623. The molecule has 0 atom stereocenters. The van der Waals surface area contributed by atoms with Gasteiger partial charge >= 0.3 is 6.09 Å². The minimum Gasteiger partial charge on any atom is -0.450 e. The fraction of sp³-hybridized carbons (Fsp3) is 0.357. The number of nitrogens with zero attached hydrogens (tertiary/aromatic N) is 1. The fourth-order valence-electron chi connectivity index (χ4n) is 1.92. The SMILES string of the molecule is CCOC(=O)NCCNC(=O)Cc1[nH]nc2ccccc12. The summed E-state index contributed by atoms with van der Waals surface area (Å²) in [7, 11) is 0. The number of aromatic amines is 1. The van der Waals surface area contributed by atoms with Gasteiger partial charge in [0.1, 0.15) is 0 Å². The Kier molecular flexibility index (Phi) is 5.14. The molecule has 2 rings (SSSR count). The van der Waals surface area contributed by atoms with E-state index in [4.69, 9.17) is 4.74 Å². The van der Waals surface area contributed by atoms with E-state index in [2.05, 4.69) is 20.8 Å². The number of aromatic nitrogens is 2. The van der Waals surface area contributed by atoms with Gasteiger partial charge in [0.25, 0.3) is 0 Å². The first-order chi connectivity index (χ1) is 10.2. The van der Waals surface area contributed by atoms with Gasteiger partial charge in [-0.3, -0.25) is 9.89 Å². The molecule has 3 N–H and O–H groups in total. The van der Waals surface area contributed by atoms with Crippen molar-refractivity contribution in [3.8, 4) is 0 Å². The van der Waals surface area contributed by atoms with E-state index in [-0.39, 0.29) is 12.3 Å². The lowest BCUT2D eigenvalue weighted by molar-refractivity contribution is -0.120. The predicted molar refractivity (Wildman–Crippen MR) is 77.8 cm³/mol. The standard InChI is InChI=1S/C14H18N4O3/c1-2-21-14(20)16-8-7-15-13(19)9-12-10-5-3-4-6-11(10)17-18-12/h3-6H,2,7-9H2,1H3,(H,15,19)(H,16,20)(H,17,18). The van der Waals surface area contributed by atoms with Crippen LogP contribution in [0.1, 0.15) is 12.6 Å². The highest BCUT2D eigenvalue weighted by atomic mass is 16.5. The van der Waals surface area contributed by atoms with Gasteiger partial charge in [0.05, 0.1) is 24.2 Å². The molecule has 0 spiro atoms. The summed E-state index contributed by atoms with van der Waals surface area (Å²) < 4.78 is 4.71. The van der Waals surface area contributed by atoms with Crippen molar-refractivity contribution < 1.29 is 14.3 Å². The van der Waals surface area contributed by atoms with Crippen LogP contribution in [-0.2, 0) is 16.0 Å². The van der Waals surface area contributed by atoms with E-state index >= 15 is 0 Å². The second-order valence-electron chi connectivity index (χ2n) is 4.39. The molecule has 1 heterocycles. The Morgan fingerprint density at radius 2 is 2.00 bits per heavy atom. The quantitative estimate of drug-likeness (QED) is 0.691. The summed E-state index contributed by atoms with van der Waals surface area (Å²) in [4.78, 5) is 22.9. The summed E-state index contributed by atoms with van der Waals surface area (Å²) in [5, 5.41) is 13.2. The number of ether oxygens (including phenoxy) is 1. The molecule has 21 heavy (non-hydrogen) atoms. The van der Waals surface area contributed by atoms with Gasteiger partial charge in [-0.25, -0.2) is 4.79 Å². The Labute approximate surface area is 122 Å². The largest absolute Gasteiger partial charge is 0.450 e. The average molecular weight is 290 g/mol. The molecule has 0 saturated heterocycles. The predicted octanol–water partition coefficient (Wildman–Crippen LogP) is 0.968. The molecule has 0 aliphatic heterocycles. The lowest BCUT2D eigenvalue weighted by atomic mass is 10.1. The van der Waals surface area contributed by atoms with Crippen LogP contribution in [0.2, 0.25) is 0 Å². The number of hydrogen-bond acceptors (Lipinski definition) is 4. The first-order valence-electron chi connectivity index (χ1n) is 6.80. The summed E-state index contributed by atoms with van der Waals surface area (Å²) in [6, 6.07) is 7.61. The van der Waals surface area contributed by atoms with Crippen LogP contribution in [0.5, 0.6) is 0 Å². The summed E-state index contributed by atoms with van der Waals surface area (Å²) >= 11 is 0. The average Bonchev–Trinajstić information content (AvgIpc) is 2.87. The van der Waals surface area contributed by atoms with Gasteiger partial charge in [0.2, 0.25) is 5.91 Å². The van der Waals surface area contributed by atoms with E-state index in [0.717, 1.165) is 16.6 Å².